The second kappa shape index (κ2) is 5.64. The molecular formula is C12H24N2O2. The summed E-state index contributed by atoms with van der Waals surface area (Å²) in [4.78, 5) is 11.1. The van der Waals surface area contributed by atoms with Crippen LogP contribution < -0.4 is 11.1 Å². The molecule has 0 bridgehead atoms. The van der Waals surface area contributed by atoms with Gasteiger partial charge in [0.15, 0.2) is 0 Å². The monoisotopic (exact) mass is 228 g/mol. The van der Waals surface area contributed by atoms with Crippen molar-refractivity contribution in [2.75, 3.05) is 13.2 Å². The standard InChI is InChI=1S/C12H24N2O2/c1-12(2,3)6-7-16-8-10(11(13)15)14-9-4-5-9/h9-10,14H,4-8H2,1-3H3,(H2,13,15). The lowest BCUT2D eigenvalue weighted by Gasteiger charge is -2.19. The van der Waals surface area contributed by atoms with Crippen LogP contribution in [0.25, 0.3) is 0 Å². The Labute approximate surface area is 97.9 Å². The fraction of sp³-hybridized carbons (Fsp3) is 0.917. The van der Waals surface area contributed by atoms with E-state index in [9.17, 15) is 4.79 Å². The van der Waals surface area contributed by atoms with Crippen molar-refractivity contribution in [2.24, 2.45) is 11.1 Å². The van der Waals surface area contributed by atoms with Crippen LogP contribution in [0, 0.1) is 5.41 Å². The topological polar surface area (TPSA) is 64.3 Å². The highest BCUT2D eigenvalue weighted by Gasteiger charge is 2.27. The van der Waals surface area contributed by atoms with Crippen molar-refractivity contribution in [3.63, 3.8) is 0 Å². The smallest absolute Gasteiger partial charge is 0.236 e. The quantitative estimate of drug-likeness (QED) is 0.640. The molecule has 1 fully saturated rings. The van der Waals surface area contributed by atoms with Gasteiger partial charge in [0.05, 0.1) is 6.61 Å². The maximum absolute atomic E-state index is 11.1. The van der Waals surface area contributed by atoms with Gasteiger partial charge in [0.2, 0.25) is 5.91 Å². The molecule has 1 atom stereocenters. The lowest BCUT2D eigenvalue weighted by atomic mass is 9.93. The van der Waals surface area contributed by atoms with E-state index >= 15 is 0 Å². The highest BCUT2D eigenvalue weighted by atomic mass is 16.5. The molecule has 0 aromatic heterocycles. The van der Waals surface area contributed by atoms with Crippen LogP contribution in [-0.4, -0.2) is 31.2 Å². The van der Waals surface area contributed by atoms with Gasteiger partial charge in [0.1, 0.15) is 6.04 Å². The zero-order valence-electron chi connectivity index (χ0n) is 10.6. The van der Waals surface area contributed by atoms with Gasteiger partial charge in [-0.25, -0.2) is 0 Å². The minimum Gasteiger partial charge on any atom is -0.379 e. The molecular weight excluding hydrogens is 204 g/mol. The molecule has 1 aliphatic carbocycles. The number of carbonyl (C=O) groups is 1. The Bertz CT molecular complexity index is 232. The normalized spacial score (nSPS) is 18.4. The van der Waals surface area contributed by atoms with Crippen molar-refractivity contribution in [1.82, 2.24) is 5.32 Å². The Hall–Kier alpha value is -0.610. The summed E-state index contributed by atoms with van der Waals surface area (Å²) in [6.45, 7) is 7.58. The molecule has 0 radical (unpaired) electrons. The van der Waals surface area contributed by atoms with Crippen LogP contribution in [0.5, 0.6) is 0 Å². The van der Waals surface area contributed by atoms with Gasteiger partial charge in [-0.15, -0.1) is 0 Å². The second-order valence-corrected chi connectivity index (χ2v) is 5.78. The molecule has 1 aliphatic rings. The lowest BCUT2D eigenvalue weighted by Crippen LogP contribution is -2.45. The van der Waals surface area contributed by atoms with E-state index in [1.807, 2.05) is 0 Å². The highest BCUT2D eigenvalue weighted by Crippen LogP contribution is 2.20. The van der Waals surface area contributed by atoms with Gasteiger partial charge in [-0.3, -0.25) is 4.79 Å². The molecule has 3 N–H and O–H groups in total. The zero-order valence-corrected chi connectivity index (χ0v) is 10.6. The number of nitrogens with one attached hydrogen (secondary N) is 1. The third-order valence-electron chi connectivity index (χ3n) is 2.64. The summed E-state index contributed by atoms with van der Waals surface area (Å²) in [6, 6.07) is 0.149. The molecule has 0 saturated heterocycles. The van der Waals surface area contributed by atoms with Crippen molar-refractivity contribution < 1.29 is 9.53 Å². The second-order valence-electron chi connectivity index (χ2n) is 5.78. The van der Waals surface area contributed by atoms with E-state index in [1.54, 1.807) is 0 Å². The van der Waals surface area contributed by atoms with Gasteiger partial charge < -0.3 is 15.8 Å². The average molecular weight is 228 g/mol. The molecule has 1 saturated carbocycles. The lowest BCUT2D eigenvalue weighted by molar-refractivity contribution is -0.121. The molecule has 0 aliphatic heterocycles. The van der Waals surface area contributed by atoms with E-state index in [0.29, 0.717) is 19.3 Å². The van der Waals surface area contributed by atoms with Crippen molar-refractivity contribution in [2.45, 2.75) is 52.1 Å². The largest absolute Gasteiger partial charge is 0.379 e. The van der Waals surface area contributed by atoms with Crippen LogP contribution in [0.2, 0.25) is 0 Å². The predicted molar refractivity (Wildman–Crippen MR) is 64.0 cm³/mol. The Kier molecular flexibility index (Phi) is 4.74. The Morgan fingerprint density at radius 1 is 1.50 bits per heavy atom. The first-order valence-corrected chi connectivity index (χ1v) is 6.01. The summed E-state index contributed by atoms with van der Waals surface area (Å²) in [5.74, 6) is -0.317. The van der Waals surface area contributed by atoms with E-state index in [4.69, 9.17) is 10.5 Å². The molecule has 0 spiro atoms. The third-order valence-corrected chi connectivity index (χ3v) is 2.64. The van der Waals surface area contributed by atoms with Gasteiger partial charge >= 0.3 is 0 Å². The molecule has 1 unspecified atom stereocenters. The number of rotatable bonds is 7. The first kappa shape index (κ1) is 13.5. The number of hydrogen-bond donors (Lipinski definition) is 2. The number of hydrogen-bond acceptors (Lipinski definition) is 3. The summed E-state index contributed by atoms with van der Waals surface area (Å²) in [5.41, 5.74) is 5.57. The predicted octanol–water partition coefficient (Wildman–Crippen LogP) is 1.05. The maximum Gasteiger partial charge on any atom is 0.236 e. The first-order valence-electron chi connectivity index (χ1n) is 6.01. The molecule has 0 aromatic rings. The van der Waals surface area contributed by atoms with Crippen LogP contribution >= 0.6 is 0 Å². The molecule has 94 valence electrons. The molecule has 4 nitrogen and oxygen atoms in total. The molecule has 0 aromatic carbocycles. The van der Waals surface area contributed by atoms with E-state index in [-0.39, 0.29) is 17.4 Å². The fourth-order valence-corrected chi connectivity index (χ4v) is 1.33. The Morgan fingerprint density at radius 3 is 2.56 bits per heavy atom. The van der Waals surface area contributed by atoms with Crippen LogP contribution in [-0.2, 0) is 9.53 Å². The summed E-state index contributed by atoms with van der Waals surface area (Å²) in [5, 5.41) is 3.19. The van der Waals surface area contributed by atoms with Gasteiger partial charge in [-0.05, 0) is 24.7 Å². The summed E-state index contributed by atoms with van der Waals surface area (Å²) in [7, 11) is 0. The summed E-state index contributed by atoms with van der Waals surface area (Å²) in [6.07, 6.45) is 3.28. The number of carbonyl (C=O) groups excluding carboxylic acids is 1. The van der Waals surface area contributed by atoms with Gasteiger partial charge in [-0.2, -0.15) is 0 Å². The number of primary amides is 1. The molecule has 0 heterocycles. The van der Waals surface area contributed by atoms with E-state index in [0.717, 1.165) is 19.3 Å². The molecule has 16 heavy (non-hydrogen) atoms. The van der Waals surface area contributed by atoms with Gasteiger partial charge in [0, 0.05) is 12.6 Å². The minimum absolute atomic E-state index is 0.270. The molecule has 1 rings (SSSR count). The number of nitrogens with two attached hydrogens (primary N) is 1. The van der Waals surface area contributed by atoms with E-state index < -0.39 is 0 Å². The average Bonchev–Trinajstić information content (AvgIpc) is 2.91. The van der Waals surface area contributed by atoms with Crippen LogP contribution in [0.1, 0.15) is 40.0 Å². The number of amides is 1. The summed E-state index contributed by atoms with van der Waals surface area (Å²) >= 11 is 0. The van der Waals surface area contributed by atoms with Crippen molar-refractivity contribution >= 4 is 5.91 Å². The van der Waals surface area contributed by atoms with Gasteiger partial charge in [0.25, 0.3) is 0 Å². The van der Waals surface area contributed by atoms with Crippen LogP contribution in [0.15, 0.2) is 0 Å². The third kappa shape index (κ3) is 6.08. The van der Waals surface area contributed by atoms with Crippen molar-refractivity contribution in [3.8, 4) is 0 Å². The Morgan fingerprint density at radius 2 is 2.12 bits per heavy atom. The molecule has 4 heteroatoms. The minimum atomic E-state index is -0.326. The van der Waals surface area contributed by atoms with Crippen LogP contribution in [0.3, 0.4) is 0 Å². The van der Waals surface area contributed by atoms with Gasteiger partial charge in [-0.1, -0.05) is 20.8 Å². The zero-order chi connectivity index (χ0) is 12.2. The van der Waals surface area contributed by atoms with E-state index in [1.165, 1.54) is 0 Å². The SMILES string of the molecule is CC(C)(C)CCOCC(NC1CC1)C(N)=O. The summed E-state index contributed by atoms with van der Waals surface area (Å²) < 4.78 is 5.50. The maximum atomic E-state index is 11.1. The number of ether oxygens (including phenoxy) is 1. The molecule has 1 amide bonds. The van der Waals surface area contributed by atoms with Crippen molar-refractivity contribution in [1.29, 1.82) is 0 Å². The van der Waals surface area contributed by atoms with Crippen molar-refractivity contribution in [3.05, 3.63) is 0 Å². The first-order chi connectivity index (χ1) is 7.38. The Balaban J connectivity index is 2.14. The highest BCUT2D eigenvalue weighted by molar-refractivity contribution is 5.80. The fourth-order valence-electron chi connectivity index (χ4n) is 1.33. The van der Waals surface area contributed by atoms with Crippen LogP contribution in [0.4, 0.5) is 0 Å². The van der Waals surface area contributed by atoms with E-state index in [2.05, 4.69) is 26.1 Å².